The predicted molar refractivity (Wildman–Crippen MR) is 66.9 cm³/mol. The zero-order chi connectivity index (χ0) is 13.5. The van der Waals surface area contributed by atoms with Crippen LogP contribution in [0, 0.1) is 5.92 Å². The minimum atomic E-state index is -0.439. The van der Waals surface area contributed by atoms with E-state index in [4.69, 9.17) is 9.84 Å². The van der Waals surface area contributed by atoms with Crippen molar-refractivity contribution < 1.29 is 19.4 Å². The summed E-state index contributed by atoms with van der Waals surface area (Å²) < 4.78 is 4.98. The Hall–Kier alpha value is -1.10. The molecule has 0 spiro atoms. The van der Waals surface area contributed by atoms with Crippen LogP contribution in [-0.4, -0.2) is 47.7 Å². The first-order valence-corrected chi connectivity index (χ1v) is 6.67. The number of rotatable bonds is 5. The van der Waals surface area contributed by atoms with Crippen molar-refractivity contribution in [2.45, 2.75) is 45.6 Å². The standard InChI is InChI=1S/C13H23NO4/c1-3-18-13(17)11-6-8-14(9-7-11)12(16)5-4-10(2)15/h10-11,15H,3-9H2,1-2H3. The molecule has 1 saturated heterocycles. The highest BCUT2D eigenvalue weighted by Crippen LogP contribution is 2.19. The van der Waals surface area contributed by atoms with Crippen molar-refractivity contribution in [1.82, 2.24) is 4.90 Å². The third-order valence-electron chi connectivity index (χ3n) is 3.24. The number of hydrogen-bond acceptors (Lipinski definition) is 4. The summed E-state index contributed by atoms with van der Waals surface area (Å²) in [7, 11) is 0. The Morgan fingerprint density at radius 3 is 2.50 bits per heavy atom. The lowest BCUT2D eigenvalue weighted by atomic mass is 9.96. The molecule has 0 aromatic rings. The van der Waals surface area contributed by atoms with E-state index < -0.39 is 6.10 Å². The molecule has 5 heteroatoms. The number of esters is 1. The van der Waals surface area contributed by atoms with Gasteiger partial charge in [-0.25, -0.2) is 0 Å². The second-order valence-electron chi connectivity index (χ2n) is 4.79. The van der Waals surface area contributed by atoms with Crippen LogP contribution in [0.15, 0.2) is 0 Å². The Labute approximate surface area is 108 Å². The minimum absolute atomic E-state index is 0.0641. The third-order valence-corrected chi connectivity index (χ3v) is 3.24. The van der Waals surface area contributed by atoms with E-state index in [-0.39, 0.29) is 17.8 Å². The summed E-state index contributed by atoms with van der Waals surface area (Å²) in [6.07, 6.45) is 1.79. The number of ether oxygens (including phenoxy) is 1. The summed E-state index contributed by atoms with van der Waals surface area (Å²) >= 11 is 0. The highest BCUT2D eigenvalue weighted by atomic mass is 16.5. The number of nitrogens with zero attached hydrogens (tertiary/aromatic N) is 1. The molecule has 0 radical (unpaired) electrons. The van der Waals surface area contributed by atoms with Crippen LogP contribution in [0.5, 0.6) is 0 Å². The van der Waals surface area contributed by atoms with Crippen molar-refractivity contribution in [2.75, 3.05) is 19.7 Å². The fourth-order valence-electron chi connectivity index (χ4n) is 2.12. The van der Waals surface area contributed by atoms with Crippen molar-refractivity contribution >= 4 is 11.9 Å². The zero-order valence-electron chi connectivity index (χ0n) is 11.2. The lowest BCUT2D eigenvalue weighted by Crippen LogP contribution is -2.40. The first kappa shape index (κ1) is 15.0. The van der Waals surface area contributed by atoms with Crippen LogP contribution in [0.3, 0.4) is 0 Å². The van der Waals surface area contributed by atoms with Gasteiger partial charge in [0.05, 0.1) is 18.6 Å². The topological polar surface area (TPSA) is 66.8 Å². The van der Waals surface area contributed by atoms with Crippen LogP contribution in [0.4, 0.5) is 0 Å². The highest BCUT2D eigenvalue weighted by molar-refractivity contribution is 5.77. The van der Waals surface area contributed by atoms with Gasteiger partial charge in [-0.15, -0.1) is 0 Å². The van der Waals surface area contributed by atoms with Gasteiger partial charge in [-0.3, -0.25) is 9.59 Å². The lowest BCUT2D eigenvalue weighted by molar-refractivity contribution is -0.151. The van der Waals surface area contributed by atoms with E-state index in [1.165, 1.54) is 0 Å². The Morgan fingerprint density at radius 2 is 2.00 bits per heavy atom. The molecule has 5 nitrogen and oxygen atoms in total. The number of amides is 1. The smallest absolute Gasteiger partial charge is 0.309 e. The fourth-order valence-corrected chi connectivity index (χ4v) is 2.12. The van der Waals surface area contributed by atoms with Crippen LogP contribution in [0.2, 0.25) is 0 Å². The summed E-state index contributed by atoms with van der Waals surface area (Å²) in [6, 6.07) is 0. The van der Waals surface area contributed by atoms with Crippen molar-refractivity contribution in [3.63, 3.8) is 0 Å². The maximum Gasteiger partial charge on any atom is 0.309 e. The normalized spacial score (nSPS) is 18.5. The molecule has 0 aliphatic carbocycles. The highest BCUT2D eigenvalue weighted by Gasteiger charge is 2.27. The molecule has 1 amide bonds. The molecule has 1 rings (SSSR count). The monoisotopic (exact) mass is 257 g/mol. The maximum atomic E-state index is 11.8. The Kier molecular flexibility index (Phi) is 6.12. The molecular formula is C13H23NO4. The third kappa shape index (κ3) is 4.64. The van der Waals surface area contributed by atoms with E-state index in [2.05, 4.69) is 0 Å². The second-order valence-corrected chi connectivity index (χ2v) is 4.79. The molecule has 18 heavy (non-hydrogen) atoms. The van der Waals surface area contributed by atoms with Gasteiger partial charge in [-0.2, -0.15) is 0 Å². The molecule has 0 saturated carbocycles. The van der Waals surface area contributed by atoms with Crippen LogP contribution in [0.1, 0.15) is 39.5 Å². The maximum absolute atomic E-state index is 11.8. The first-order valence-electron chi connectivity index (χ1n) is 6.67. The predicted octanol–water partition coefficient (Wildman–Crippen LogP) is 0.949. The van der Waals surface area contributed by atoms with Gasteiger partial charge in [0, 0.05) is 19.5 Å². The van der Waals surface area contributed by atoms with Gasteiger partial charge in [0.15, 0.2) is 0 Å². The molecule has 0 aromatic carbocycles. The van der Waals surface area contributed by atoms with E-state index in [0.717, 1.165) is 0 Å². The molecule has 0 aromatic heterocycles. The van der Waals surface area contributed by atoms with Crippen molar-refractivity contribution in [2.24, 2.45) is 5.92 Å². The Bertz CT molecular complexity index is 283. The van der Waals surface area contributed by atoms with E-state index in [9.17, 15) is 9.59 Å². The second kappa shape index (κ2) is 7.36. The van der Waals surface area contributed by atoms with Gasteiger partial charge in [0.1, 0.15) is 0 Å². The number of likely N-dealkylation sites (tertiary alicyclic amines) is 1. The van der Waals surface area contributed by atoms with Crippen LogP contribution >= 0.6 is 0 Å². The summed E-state index contributed by atoms with van der Waals surface area (Å²) in [5.74, 6) is -0.141. The Morgan fingerprint density at radius 1 is 1.39 bits per heavy atom. The summed E-state index contributed by atoms with van der Waals surface area (Å²) in [6.45, 7) is 5.11. The largest absolute Gasteiger partial charge is 0.466 e. The zero-order valence-corrected chi connectivity index (χ0v) is 11.2. The number of aliphatic hydroxyl groups is 1. The van der Waals surface area contributed by atoms with Gasteiger partial charge < -0.3 is 14.7 Å². The van der Waals surface area contributed by atoms with E-state index in [1.807, 2.05) is 0 Å². The average molecular weight is 257 g/mol. The number of aliphatic hydroxyl groups excluding tert-OH is 1. The van der Waals surface area contributed by atoms with E-state index >= 15 is 0 Å². The fraction of sp³-hybridized carbons (Fsp3) is 0.846. The number of carbonyl (C=O) groups is 2. The Balaban J connectivity index is 2.30. The molecule has 0 bridgehead atoms. The van der Waals surface area contributed by atoms with Gasteiger partial charge in [-0.05, 0) is 33.1 Å². The van der Waals surface area contributed by atoms with E-state index in [1.54, 1.807) is 18.7 Å². The van der Waals surface area contributed by atoms with Crippen LogP contribution < -0.4 is 0 Å². The molecular weight excluding hydrogens is 234 g/mol. The molecule has 1 unspecified atom stereocenters. The molecule has 1 aliphatic rings. The van der Waals surface area contributed by atoms with Crippen molar-refractivity contribution in [3.8, 4) is 0 Å². The summed E-state index contributed by atoms with van der Waals surface area (Å²) in [5.41, 5.74) is 0. The molecule has 1 aliphatic heterocycles. The minimum Gasteiger partial charge on any atom is -0.466 e. The molecule has 1 heterocycles. The van der Waals surface area contributed by atoms with Gasteiger partial charge in [0.2, 0.25) is 5.91 Å². The molecule has 104 valence electrons. The molecule has 1 fully saturated rings. The van der Waals surface area contributed by atoms with Crippen LogP contribution in [0.25, 0.3) is 0 Å². The van der Waals surface area contributed by atoms with Gasteiger partial charge >= 0.3 is 5.97 Å². The van der Waals surface area contributed by atoms with Gasteiger partial charge in [0.25, 0.3) is 0 Å². The van der Waals surface area contributed by atoms with Crippen LogP contribution in [-0.2, 0) is 14.3 Å². The number of hydrogen-bond donors (Lipinski definition) is 1. The summed E-state index contributed by atoms with van der Waals surface area (Å²) in [5, 5.41) is 9.14. The SMILES string of the molecule is CCOC(=O)C1CCN(C(=O)CCC(C)O)CC1. The summed E-state index contributed by atoms with van der Waals surface area (Å²) in [4.78, 5) is 25.1. The number of piperidine rings is 1. The van der Waals surface area contributed by atoms with Gasteiger partial charge in [-0.1, -0.05) is 0 Å². The van der Waals surface area contributed by atoms with Crippen molar-refractivity contribution in [3.05, 3.63) is 0 Å². The van der Waals surface area contributed by atoms with Crippen molar-refractivity contribution in [1.29, 1.82) is 0 Å². The average Bonchev–Trinajstić information content (AvgIpc) is 2.36. The first-order chi connectivity index (χ1) is 8.54. The quantitative estimate of drug-likeness (QED) is 0.745. The number of carbonyl (C=O) groups excluding carboxylic acids is 2. The van der Waals surface area contributed by atoms with E-state index in [0.29, 0.717) is 45.4 Å². The molecule has 1 N–H and O–H groups in total. The molecule has 1 atom stereocenters. The lowest BCUT2D eigenvalue weighted by Gasteiger charge is -2.31.